The molecule has 1 atom stereocenters. The fourth-order valence-corrected chi connectivity index (χ4v) is 2.94. The SMILES string of the molecule is CN=C(NCCC(=O)Nc1cccc(C)n1)NC1CCN(C(=O)C(C)C)C1. The third-order valence-corrected chi connectivity index (χ3v) is 4.36. The number of rotatable bonds is 6. The van der Waals surface area contributed by atoms with E-state index >= 15 is 0 Å². The number of pyridine rings is 1. The molecule has 0 spiro atoms. The van der Waals surface area contributed by atoms with Gasteiger partial charge in [0.1, 0.15) is 5.82 Å². The Bertz CT molecular complexity index is 689. The van der Waals surface area contributed by atoms with Crippen LogP contribution in [0.1, 0.15) is 32.4 Å². The molecule has 0 saturated carbocycles. The molecule has 27 heavy (non-hydrogen) atoms. The van der Waals surface area contributed by atoms with E-state index < -0.39 is 0 Å². The lowest BCUT2D eigenvalue weighted by Crippen LogP contribution is -2.45. The number of anilines is 1. The van der Waals surface area contributed by atoms with Crippen molar-refractivity contribution < 1.29 is 9.59 Å². The number of amides is 2. The molecule has 1 fully saturated rings. The van der Waals surface area contributed by atoms with Gasteiger partial charge in [0.05, 0.1) is 0 Å². The predicted octanol–water partition coefficient (Wildman–Crippen LogP) is 1.14. The van der Waals surface area contributed by atoms with E-state index in [1.807, 2.05) is 37.8 Å². The number of hydrogen-bond acceptors (Lipinski definition) is 4. The average Bonchev–Trinajstić information content (AvgIpc) is 3.08. The van der Waals surface area contributed by atoms with E-state index in [4.69, 9.17) is 0 Å². The normalized spacial score (nSPS) is 17.1. The Hall–Kier alpha value is -2.64. The van der Waals surface area contributed by atoms with Crippen LogP contribution in [0, 0.1) is 12.8 Å². The minimum absolute atomic E-state index is 0.0163. The molecule has 0 aliphatic carbocycles. The third-order valence-electron chi connectivity index (χ3n) is 4.36. The smallest absolute Gasteiger partial charge is 0.227 e. The quantitative estimate of drug-likeness (QED) is 0.512. The number of aromatic nitrogens is 1. The van der Waals surface area contributed by atoms with Gasteiger partial charge in [0.15, 0.2) is 5.96 Å². The summed E-state index contributed by atoms with van der Waals surface area (Å²) in [5, 5.41) is 9.25. The number of nitrogens with one attached hydrogen (secondary N) is 3. The molecule has 1 aromatic heterocycles. The topological polar surface area (TPSA) is 98.7 Å². The second-order valence-electron chi connectivity index (χ2n) is 7.03. The largest absolute Gasteiger partial charge is 0.356 e. The highest BCUT2D eigenvalue weighted by molar-refractivity contribution is 5.90. The molecule has 3 N–H and O–H groups in total. The van der Waals surface area contributed by atoms with E-state index in [1.165, 1.54) is 0 Å². The van der Waals surface area contributed by atoms with Gasteiger partial charge in [-0.05, 0) is 25.5 Å². The van der Waals surface area contributed by atoms with Gasteiger partial charge in [-0.3, -0.25) is 14.6 Å². The van der Waals surface area contributed by atoms with Crippen LogP contribution in [0.5, 0.6) is 0 Å². The van der Waals surface area contributed by atoms with Crippen molar-refractivity contribution in [1.29, 1.82) is 0 Å². The van der Waals surface area contributed by atoms with E-state index in [0.29, 0.717) is 31.3 Å². The van der Waals surface area contributed by atoms with Crippen molar-refractivity contribution in [2.45, 2.75) is 39.7 Å². The van der Waals surface area contributed by atoms with Gasteiger partial charge in [-0.25, -0.2) is 4.98 Å². The zero-order valence-corrected chi connectivity index (χ0v) is 16.6. The van der Waals surface area contributed by atoms with Gasteiger partial charge >= 0.3 is 0 Å². The Labute approximate surface area is 160 Å². The summed E-state index contributed by atoms with van der Waals surface area (Å²) in [7, 11) is 1.69. The zero-order valence-electron chi connectivity index (χ0n) is 16.6. The maximum atomic E-state index is 12.1. The van der Waals surface area contributed by atoms with Crippen LogP contribution in [0.3, 0.4) is 0 Å². The van der Waals surface area contributed by atoms with Gasteiger partial charge < -0.3 is 20.9 Å². The molecule has 2 rings (SSSR count). The molecule has 1 aliphatic rings. The van der Waals surface area contributed by atoms with Crippen LogP contribution >= 0.6 is 0 Å². The Morgan fingerprint density at radius 3 is 2.81 bits per heavy atom. The second kappa shape index (κ2) is 9.89. The molecule has 1 saturated heterocycles. The molecule has 0 aromatic carbocycles. The van der Waals surface area contributed by atoms with Crippen LogP contribution < -0.4 is 16.0 Å². The summed E-state index contributed by atoms with van der Waals surface area (Å²) in [5.74, 6) is 1.29. The van der Waals surface area contributed by atoms with Crippen LogP contribution in [-0.4, -0.2) is 60.4 Å². The minimum atomic E-state index is -0.106. The summed E-state index contributed by atoms with van der Waals surface area (Å²) >= 11 is 0. The van der Waals surface area contributed by atoms with Crippen molar-refractivity contribution in [1.82, 2.24) is 20.5 Å². The van der Waals surface area contributed by atoms with E-state index in [-0.39, 0.29) is 23.8 Å². The van der Waals surface area contributed by atoms with Crippen LogP contribution in [-0.2, 0) is 9.59 Å². The van der Waals surface area contributed by atoms with Gasteiger partial charge in [0.25, 0.3) is 0 Å². The molecule has 8 nitrogen and oxygen atoms in total. The first-order valence-corrected chi connectivity index (χ1v) is 9.38. The maximum absolute atomic E-state index is 12.1. The summed E-state index contributed by atoms with van der Waals surface area (Å²) in [6.07, 6.45) is 1.19. The lowest BCUT2D eigenvalue weighted by atomic mass is 10.2. The molecule has 8 heteroatoms. The number of carbonyl (C=O) groups is 2. The first-order valence-electron chi connectivity index (χ1n) is 9.38. The Morgan fingerprint density at radius 1 is 1.37 bits per heavy atom. The molecule has 0 radical (unpaired) electrons. The molecule has 148 valence electrons. The van der Waals surface area contributed by atoms with Crippen molar-refractivity contribution in [3.8, 4) is 0 Å². The summed E-state index contributed by atoms with van der Waals surface area (Å²) in [4.78, 5) is 34.4. The zero-order chi connectivity index (χ0) is 19.8. The van der Waals surface area contributed by atoms with Gasteiger partial charge in [-0.1, -0.05) is 19.9 Å². The van der Waals surface area contributed by atoms with Crippen molar-refractivity contribution in [3.63, 3.8) is 0 Å². The van der Waals surface area contributed by atoms with E-state index in [2.05, 4.69) is 25.9 Å². The number of aliphatic imine (C=N–C) groups is 1. The summed E-state index contributed by atoms with van der Waals surface area (Å²) in [6.45, 7) is 7.61. The highest BCUT2D eigenvalue weighted by Gasteiger charge is 2.27. The Kier molecular flexibility index (Phi) is 7.57. The van der Waals surface area contributed by atoms with E-state index in [0.717, 1.165) is 18.7 Å². The molecular formula is C19H30N6O2. The Balaban J connectivity index is 1.71. The predicted molar refractivity (Wildman–Crippen MR) is 107 cm³/mol. The second-order valence-corrected chi connectivity index (χ2v) is 7.03. The van der Waals surface area contributed by atoms with Crippen LogP contribution in [0.15, 0.2) is 23.2 Å². The highest BCUT2D eigenvalue weighted by atomic mass is 16.2. The molecule has 1 aliphatic heterocycles. The van der Waals surface area contributed by atoms with Crippen LogP contribution in [0.25, 0.3) is 0 Å². The molecule has 2 heterocycles. The fourth-order valence-electron chi connectivity index (χ4n) is 2.94. The van der Waals surface area contributed by atoms with Crippen LogP contribution in [0.4, 0.5) is 5.82 Å². The lowest BCUT2D eigenvalue weighted by molar-refractivity contribution is -0.133. The molecular weight excluding hydrogens is 344 g/mol. The fraction of sp³-hybridized carbons (Fsp3) is 0.579. The van der Waals surface area contributed by atoms with E-state index in [9.17, 15) is 9.59 Å². The highest BCUT2D eigenvalue weighted by Crippen LogP contribution is 2.12. The minimum Gasteiger partial charge on any atom is -0.356 e. The molecule has 1 aromatic rings. The van der Waals surface area contributed by atoms with Crippen molar-refractivity contribution >= 4 is 23.6 Å². The summed E-state index contributed by atoms with van der Waals surface area (Å²) in [5.41, 5.74) is 0.858. The Morgan fingerprint density at radius 2 is 2.15 bits per heavy atom. The number of carbonyl (C=O) groups excluding carboxylic acids is 2. The number of likely N-dealkylation sites (tertiary alicyclic amines) is 1. The van der Waals surface area contributed by atoms with Crippen molar-refractivity contribution in [3.05, 3.63) is 23.9 Å². The van der Waals surface area contributed by atoms with Gasteiger partial charge in [-0.2, -0.15) is 0 Å². The van der Waals surface area contributed by atoms with Gasteiger partial charge in [0, 0.05) is 50.8 Å². The molecule has 0 bridgehead atoms. The molecule has 2 amide bonds. The van der Waals surface area contributed by atoms with Crippen LogP contribution in [0.2, 0.25) is 0 Å². The number of guanidine groups is 1. The summed E-state index contributed by atoms with van der Waals surface area (Å²) in [6, 6.07) is 5.68. The standard InChI is InChI=1S/C19H30N6O2/c1-13(2)18(27)25-11-9-15(12-25)23-19(20-4)21-10-8-17(26)24-16-7-5-6-14(3)22-16/h5-7,13,15H,8-12H2,1-4H3,(H2,20,21,23)(H,22,24,26). The number of nitrogens with zero attached hydrogens (tertiary/aromatic N) is 3. The average molecular weight is 374 g/mol. The maximum Gasteiger partial charge on any atom is 0.227 e. The molecule has 1 unspecified atom stereocenters. The summed E-state index contributed by atoms with van der Waals surface area (Å²) < 4.78 is 0. The third kappa shape index (κ3) is 6.54. The number of aryl methyl sites for hydroxylation is 1. The monoisotopic (exact) mass is 374 g/mol. The van der Waals surface area contributed by atoms with Gasteiger partial charge in [0.2, 0.25) is 11.8 Å². The van der Waals surface area contributed by atoms with Crippen molar-refractivity contribution in [2.24, 2.45) is 10.9 Å². The van der Waals surface area contributed by atoms with Crippen molar-refractivity contribution in [2.75, 3.05) is 32.0 Å². The first kappa shape index (κ1) is 20.7. The number of hydrogen-bond donors (Lipinski definition) is 3. The van der Waals surface area contributed by atoms with E-state index in [1.54, 1.807) is 13.1 Å². The van der Waals surface area contributed by atoms with Gasteiger partial charge in [-0.15, -0.1) is 0 Å². The lowest BCUT2D eigenvalue weighted by Gasteiger charge is -2.20. The first-order chi connectivity index (χ1) is 12.9.